The lowest BCUT2D eigenvalue weighted by molar-refractivity contribution is -0.137. The molecule has 0 unspecified atom stereocenters. The van der Waals surface area contributed by atoms with Gasteiger partial charge >= 0.3 is 6.18 Å². The number of hydrogen-bond donors (Lipinski definition) is 2. The predicted molar refractivity (Wildman–Crippen MR) is 108 cm³/mol. The summed E-state index contributed by atoms with van der Waals surface area (Å²) in [6.07, 6.45) is 0.547. The van der Waals surface area contributed by atoms with Crippen LogP contribution >= 0.6 is 0 Å². The van der Waals surface area contributed by atoms with Crippen LogP contribution in [0.15, 0.2) is 18.2 Å². The normalized spacial score (nSPS) is 19.9. The summed E-state index contributed by atoms with van der Waals surface area (Å²) in [5, 5.41) is 12.4. The predicted octanol–water partition coefficient (Wildman–Crippen LogP) is 4.13. The zero-order valence-electron chi connectivity index (χ0n) is 16.5. The lowest BCUT2D eigenvalue weighted by Crippen LogP contribution is -2.42. The molecule has 0 saturated carbocycles. The Bertz CT molecular complexity index is 897. The Morgan fingerprint density at radius 1 is 1.17 bits per heavy atom. The molecule has 2 heterocycles. The third-order valence-electron chi connectivity index (χ3n) is 5.97. The molecule has 1 aromatic heterocycles. The summed E-state index contributed by atoms with van der Waals surface area (Å²) in [7, 11) is 0. The van der Waals surface area contributed by atoms with Gasteiger partial charge in [-0.15, -0.1) is 10.2 Å². The average Bonchev–Trinajstić information content (AvgIpc) is 3.18. The monoisotopic (exact) mass is 405 g/mol. The van der Waals surface area contributed by atoms with Gasteiger partial charge in [0.15, 0.2) is 5.82 Å². The number of alkyl halides is 3. The second kappa shape index (κ2) is 7.82. The molecule has 4 rings (SSSR count). The molecule has 1 saturated heterocycles. The Hall–Kier alpha value is -2.35. The summed E-state index contributed by atoms with van der Waals surface area (Å²) < 4.78 is 38.9. The van der Waals surface area contributed by atoms with Crippen molar-refractivity contribution in [3.8, 4) is 11.3 Å². The minimum Gasteiger partial charge on any atom is -0.398 e. The number of anilines is 2. The van der Waals surface area contributed by atoms with E-state index in [1.165, 1.54) is 6.07 Å². The van der Waals surface area contributed by atoms with Gasteiger partial charge in [0.05, 0.1) is 11.3 Å². The average molecular weight is 405 g/mol. The number of rotatable bonds is 4. The number of nitrogens with two attached hydrogens (primary N) is 1. The third kappa shape index (κ3) is 4.03. The van der Waals surface area contributed by atoms with Crippen LogP contribution in [0.5, 0.6) is 0 Å². The van der Waals surface area contributed by atoms with Crippen LogP contribution < -0.4 is 11.1 Å². The molecule has 0 amide bonds. The van der Waals surface area contributed by atoms with Crippen molar-refractivity contribution in [1.82, 2.24) is 15.1 Å². The van der Waals surface area contributed by atoms with Gasteiger partial charge in [0.1, 0.15) is 0 Å². The van der Waals surface area contributed by atoms with Crippen molar-refractivity contribution >= 4 is 11.5 Å². The van der Waals surface area contributed by atoms with Gasteiger partial charge in [-0.2, -0.15) is 13.2 Å². The van der Waals surface area contributed by atoms with Crippen molar-refractivity contribution in [3.63, 3.8) is 0 Å². The number of halogens is 3. The van der Waals surface area contributed by atoms with E-state index < -0.39 is 11.7 Å². The van der Waals surface area contributed by atoms with Crippen molar-refractivity contribution in [2.24, 2.45) is 0 Å². The number of fused-ring (bicyclic) bond motifs is 1. The Morgan fingerprint density at radius 3 is 2.69 bits per heavy atom. The van der Waals surface area contributed by atoms with Crippen LogP contribution in [0, 0.1) is 0 Å². The van der Waals surface area contributed by atoms with Crippen molar-refractivity contribution < 1.29 is 13.2 Å². The minimum absolute atomic E-state index is 0.0785. The van der Waals surface area contributed by atoms with E-state index in [-0.39, 0.29) is 5.69 Å². The Kier molecular flexibility index (Phi) is 5.38. The second-order valence-corrected chi connectivity index (χ2v) is 7.88. The van der Waals surface area contributed by atoms with E-state index in [1.807, 2.05) is 0 Å². The summed E-state index contributed by atoms with van der Waals surface area (Å²) in [6, 6.07) is 3.78. The zero-order chi connectivity index (χ0) is 20.6. The van der Waals surface area contributed by atoms with E-state index in [2.05, 4.69) is 27.3 Å². The van der Waals surface area contributed by atoms with Gasteiger partial charge in [0.25, 0.3) is 0 Å². The first-order valence-corrected chi connectivity index (χ1v) is 10.2. The number of nitrogens with zero attached hydrogens (tertiary/aromatic N) is 3. The van der Waals surface area contributed by atoms with Gasteiger partial charge in [-0.25, -0.2) is 0 Å². The van der Waals surface area contributed by atoms with Crippen molar-refractivity contribution in [1.29, 1.82) is 0 Å². The Balaban J connectivity index is 1.63. The number of aromatic nitrogens is 2. The SMILES string of the molecule is CCN1CCC[C@@H](Nc2nnc(-c3ccc(C(F)(F)F)cc3N)c3c2CCC3)C1. The largest absolute Gasteiger partial charge is 0.416 e. The van der Waals surface area contributed by atoms with E-state index in [0.717, 1.165) is 80.8 Å². The fraction of sp³-hybridized carbons (Fsp3) is 0.524. The minimum atomic E-state index is -4.42. The van der Waals surface area contributed by atoms with Crippen LogP contribution in [0.2, 0.25) is 0 Å². The molecule has 0 radical (unpaired) electrons. The van der Waals surface area contributed by atoms with Crippen LogP contribution in [0.25, 0.3) is 11.3 Å². The van der Waals surface area contributed by atoms with Crippen LogP contribution in [0.4, 0.5) is 24.7 Å². The summed E-state index contributed by atoms with van der Waals surface area (Å²) >= 11 is 0. The van der Waals surface area contributed by atoms with E-state index in [4.69, 9.17) is 5.73 Å². The van der Waals surface area contributed by atoms with Crippen molar-refractivity contribution in [3.05, 3.63) is 34.9 Å². The first kappa shape index (κ1) is 19.9. The molecule has 0 spiro atoms. The molecule has 0 bridgehead atoms. The molecule has 1 aliphatic carbocycles. The van der Waals surface area contributed by atoms with E-state index in [0.29, 0.717) is 17.3 Å². The lowest BCUT2D eigenvalue weighted by Gasteiger charge is -2.32. The molecule has 3 N–H and O–H groups in total. The highest BCUT2D eigenvalue weighted by Crippen LogP contribution is 2.39. The van der Waals surface area contributed by atoms with Gasteiger partial charge in [0, 0.05) is 29.4 Å². The molecule has 8 heteroatoms. The van der Waals surface area contributed by atoms with Gasteiger partial charge in [-0.3, -0.25) is 0 Å². The van der Waals surface area contributed by atoms with E-state index >= 15 is 0 Å². The Labute approximate surface area is 168 Å². The summed E-state index contributed by atoms with van der Waals surface area (Å²) in [5.74, 6) is 0.815. The first-order valence-electron chi connectivity index (χ1n) is 10.2. The van der Waals surface area contributed by atoms with Gasteiger partial charge < -0.3 is 16.0 Å². The second-order valence-electron chi connectivity index (χ2n) is 7.88. The standard InChI is InChI=1S/C21H26F3N5/c1-2-29-10-4-5-14(12-29)26-20-16-7-3-6-15(16)19(27-28-20)17-9-8-13(11-18(17)25)21(22,23)24/h8-9,11,14H,2-7,10,12,25H2,1H3,(H,26,28)/t14-/m1/s1. The van der Waals surface area contributed by atoms with Crippen LogP contribution in [0.3, 0.4) is 0 Å². The molecule has 29 heavy (non-hydrogen) atoms. The molecular formula is C21H26F3N5. The molecule has 5 nitrogen and oxygen atoms in total. The maximum absolute atomic E-state index is 13.0. The fourth-order valence-electron chi connectivity index (χ4n) is 4.43. The summed E-state index contributed by atoms with van der Waals surface area (Å²) in [4.78, 5) is 2.42. The molecule has 156 valence electrons. The topological polar surface area (TPSA) is 67.1 Å². The third-order valence-corrected chi connectivity index (χ3v) is 5.97. The molecule has 1 aromatic carbocycles. The summed E-state index contributed by atoms with van der Waals surface area (Å²) in [5.41, 5.74) is 8.61. The highest BCUT2D eigenvalue weighted by molar-refractivity contribution is 5.78. The highest BCUT2D eigenvalue weighted by Gasteiger charge is 2.32. The maximum Gasteiger partial charge on any atom is 0.416 e. The maximum atomic E-state index is 13.0. The van der Waals surface area contributed by atoms with Gasteiger partial charge in [-0.1, -0.05) is 13.0 Å². The number of hydrogen-bond acceptors (Lipinski definition) is 5. The molecule has 1 fully saturated rings. The fourth-order valence-corrected chi connectivity index (χ4v) is 4.43. The molecule has 2 aliphatic rings. The van der Waals surface area contributed by atoms with Gasteiger partial charge in [-0.05, 0) is 62.9 Å². The number of benzene rings is 1. The van der Waals surface area contributed by atoms with Crippen LogP contribution in [-0.4, -0.2) is 40.8 Å². The van der Waals surface area contributed by atoms with E-state index in [9.17, 15) is 13.2 Å². The molecular weight excluding hydrogens is 379 g/mol. The Morgan fingerprint density at radius 2 is 1.97 bits per heavy atom. The first-order chi connectivity index (χ1) is 13.9. The van der Waals surface area contributed by atoms with Gasteiger partial charge in [0.2, 0.25) is 0 Å². The van der Waals surface area contributed by atoms with Crippen LogP contribution in [0.1, 0.15) is 42.9 Å². The number of nitrogen functional groups attached to an aromatic ring is 1. The number of likely N-dealkylation sites (N-methyl/N-ethyl adjacent to an activating group) is 1. The smallest absolute Gasteiger partial charge is 0.398 e. The van der Waals surface area contributed by atoms with Crippen molar-refractivity contribution in [2.75, 3.05) is 30.7 Å². The molecule has 2 aromatic rings. The number of likely N-dealkylation sites (tertiary alicyclic amines) is 1. The number of piperidine rings is 1. The quantitative estimate of drug-likeness (QED) is 0.749. The molecule has 1 atom stereocenters. The zero-order valence-corrected chi connectivity index (χ0v) is 16.5. The number of nitrogens with one attached hydrogen (secondary N) is 1. The summed E-state index contributed by atoms with van der Waals surface area (Å²) in [6.45, 7) is 5.32. The molecule has 1 aliphatic heterocycles. The van der Waals surface area contributed by atoms with E-state index in [1.54, 1.807) is 0 Å². The highest BCUT2D eigenvalue weighted by atomic mass is 19.4. The van der Waals surface area contributed by atoms with Crippen LogP contribution in [-0.2, 0) is 19.0 Å². The lowest BCUT2D eigenvalue weighted by atomic mass is 10.00. The van der Waals surface area contributed by atoms with Crippen molar-refractivity contribution in [2.45, 2.75) is 51.2 Å².